The van der Waals surface area contributed by atoms with Crippen molar-refractivity contribution < 1.29 is 14.3 Å². The van der Waals surface area contributed by atoms with Crippen LogP contribution in [0.25, 0.3) is 0 Å². The molecule has 0 radical (unpaired) electrons. The van der Waals surface area contributed by atoms with Gasteiger partial charge in [0.25, 0.3) is 0 Å². The van der Waals surface area contributed by atoms with Gasteiger partial charge in [-0.3, -0.25) is 4.90 Å². The zero-order valence-corrected chi connectivity index (χ0v) is 11.9. The number of hydrogen-bond donors (Lipinski definition) is 0. The molecule has 1 aromatic rings. The Morgan fingerprint density at radius 2 is 2.16 bits per heavy atom. The molecule has 1 fully saturated rings. The maximum Gasteiger partial charge on any atom is 0.335 e. The first-order chi connectivity index (χ1) is 8.79. The second kappa shape index (κ2) is 8.15. The molecule has 0 amide bonds. The van der Waals surface area contributed by atoms with E-state index in [1.54, 1.807) is 0 Å². The Morgan fingerprint density at radius 1 is 1.42 bits per heavy atom. The van der Waals surface area contributed by atoms with Gasteiger partial charge < -0.3 is 9.47 Å². The third-order valence-electron chi connectivity index (χ3n) is 2.96. The lowest BCUT2D eigenvalue weighted by Crippen LogP contribution is -2.41. The monoisotopic (exact) mass is 285 g/mol. The largest absolute Gasteiger partial charge is 0.464 e. The minimum Gasteiger partial charge on any atom is -0.464 e. The molecule has 1 unspecified atom stereocenters. The van der Waals surface area contributed by atoms with Gasteiger partial charge in [-0.15, -0.1) is 12.4 Å². The average Bonchev–Trinajstić information content (AvgIpc) is 2.41. The van der Waals surface area contributed by atoms with E-state index in [4.69, 9.17) is 9.47 Å². The molecule has 2 rings (SSSR count). The van der Waals surface area contributed by atoms with Gasteiger partial charge in [-0.25, -0.2) is 4.79 Å². The average molecular weight is 286 g/mol. The number of halogens is 1. The van der Waals surface area contributed by atoms with E-state index in [-0.39, 0.29) is 18.4 Å². The first kappa shape index (κ1) is 16.0. The SMILES string of the molecule is CCOC(=O)C1CCN(Cc2ccccc2)CO1.Cl. The molecule has 0 aromatic heterocycles. The van der Waals surface area contributed by atoms with E-state index in [1.807, 2.05) is 25.1 Å². The van der Waals surface area contributed by atoms with Crippen LogP contribution in [-0.4, -0.2) is 36.9 Å². The minimum atomic E-state index is -0.392. The predicted molar refractivity (Wildman–Crippen MR) is 75.1 cm³/mol. The topological polar surface area (TPSA) is 38.8 Å². The smallest absolute Gasteiger partial charge is 0.335 e. The lowest BCUT2D eigenvalue weighted by Gasteiger charge is -2.30. The first-order valence-electron chi connectivity index (χ1n) is 6.34. The highest BCUT2D eigenvalue weighted by molar-refractivity contribution is 5.85. The molecule has 0 N–H and O–H groups in total. The number of carbonyl (C=O) groups excluding carboxylic acids is 1. The van der Waals surface area contributed by atoms with E-state index in [9.17, 15) is 4.79 Å². The summed E-state index contributed by atoms with van der Waals surface area (Å²) in [7, 11) is 0. The Morgan fingerprint density at radius 3 is 2.74 bits per heavy atom. The van der Waals surface area contributed by atoms with Crippen LogP contribution in [0.15, 0.2) is 30.3 Å². The molecule has 19 heavy (non-hydrogen) atoms. The Balaban J connectivity index is 0.00000180. The number of hydrogen-bond acceptors (Lipinski definition) is 4. The first-order valence-corrected chi connectivity index (χ1v) is 6.34. The highest BCUT2D eigenvalue weighted by Crippen LogP contribution is 2.14. The van der Waals surface area contributed by atoms with Crippen molar-refractivity contribution in [1.29, 1.82) is 0 Å². The molecular weight excluding hydrogens is 266 g/mol. The molecule has 0 bridgehead atoms. The predicted octanol–water partition coefficient (Wildman–Crippen LogP) is 2.22. The fourth-order valence-corrected chi connectivity index (χ4v) is 2.03. The highest BCUT2D eigenvalue weighted by atomic mass is 35.5. The Bertz CT molecular complexity index is 378. The number of rotatable bonds is 4. The summed E-state index contributed by atoms with van der Waals surface area (Å²) in [5.74, 6) is -0.239. The van der Waals surface area contributed by atoms with Crippen LogP contribution in [0.3, 0.4) is 0 Å². The van der Waals surface area contributed by atoms with Crippen LogP contribution in [0.1, 0.15) is 18.9 Å². The summed E-state index contributed by atoms with van der Waals surface area (Å²) in [6.07, 6.45) is 0.308. The van der Waals surface area contributed by atoms with Gasteiger partial charge in [-0.05, 0) is 18.9 Å². The minimum absolute atomic E-state index is 0. The molecule has 1 aliphatic heterocycles. The third kappa shape index (κ3) is 4.82. The van der Waals surface area contributed by atoms with Gasteiger partial charge in [-0.1, -0.05) is 30.3 Å². The fourth-order valence-electron chi connectivity index (χ4n) is 2.03. The van der Waals surface area contributed by atoms with Gasteiger partial charge in [0.2, 0.25) is 0 Å². The summed E-state index contributed by atoms with van der Waals surface area (Å²) in [5.41, 5.74) is 1.26. The molecule has 1 heterocycles. The summed E-state index contributed by atoms with van der Waals surface area (Å²) in [5, 5.41) is 0. The van der Waals surface area contributed by atoms with Gasteiger partial charge in [-0.2, -0.15) is 0 Å². The number of esters is 1. The lowest BCUT2D eigenvalue weighted by molar-refractivity contribution is -0.166. The molecule has 4 nitrogen and oxygen atoms in total. The van der Waals surface area contributed by atoms with Crippen LogP contribution in [0.5, 0.6) is 0 Å². The number of ether oxygens (including phenoxy) is 2. The quantitative estimate of drug-likeness (QED) is 0.795. The summed E-state index contributed by atoms with van der Waals surface area (Å²) < 4.78 is 10.5. The molecule has 0 aliphatic carbocycles. The summed E-state index contributed by atoms with van der Waals surface area (Å²) in [6, 6.07) is 10.3. The van der Waals surface area contributed by atoms with Crippen LogP contribution in [0, 0.1) is 0 Å². The van der Waals surface area contributed by atoms with E-state index in [1.165, 1.54) is 5.56 Å². The molecule has 1 aromatic carbocycles. The van der Waals surface area contributed by atoms with Crippen molar-refractivity contribution in [1.82, 2.24) is 4.90 Å². The van der Waals surface area contributed by atoms with Crippen LogP contribution in [-0.2, 0) is 20.8 Å². The molecular formula is C14H20ClNO3. The third-order valence-corrected chi connectivity index (χ3v) is 2.96. The zero-order valence-electron chi connectivity index (χ0n) is 11.1. The molecule has 0 saturated carbocycles. The maximum absolute atomic E-state index is 11.5. The lowest BCUT2D eigenvalue weighted by atomic mass is 10.2. The van der Waals surface area contributed by atoms with Gasteiger partial charge in [0.15, 0.2) is 6.10 Å². The van der Waals surface area contributed by atoms with Gasteiger partial charge in [0.05, 0.1) is 6.61 Å². The van der Waals surface area contributed by atoms with Crippen molar-refractivity contribution in [3.63, 3.8) is 0 Å². The Labute approximate surface area is 120 Å². The van der Waals surface area contributed by atoms with Crippen molar-refractivity contribution in [2.24, 2.45) is 0 Å². The van der Waals surface area contributed by atoms with Gasteiger partial charge in [0.1, 0.15) is 6.73 Å². The Kier molecular flexibility index (Phi) is 6.84. The van der Waals surface area contributed by atoms with Crippen molar-refractivity contribution in [3.8, 4) is 0 Å². The van der Waals surface area contributed by atoms with E-state index >= 15 is 0 Å². The molecule has 1 atom stereocenters. The van der Waals surface area contributed by atoms with Gasteiger partial charge in [0, 0.05) is 13.1 Å². The Hall–Kier alpha value is -1.10. The zero-order chi connectivity index (χ0) is 12.8. The number of benzene rings is 1. The van der Waals surface area contributed by atoms with E-state index in [0.29, 0.717) is 19.8 Å². The molecule has 106 valence electrons. The van der Waals surface area contributed by atoms with Crippen molar-refractivity contribution >= 4 is 18.4 Å². The maximum atomic E-state index is 11.5. The fraction of sp³-hybridized carbons (Fsp3) is 0.500. The summed E-state index contributed by atoms with van der Waals surface area (Å²) in [4.78, 5) is 13.7. The van der Waals surface area contributed by atoms with E-state index in [0.717, 1.165) is 13.1 Å². The number of carbonyl (C=O) groups is 1. The summed E-state index contributed by atoms with van der Waals surface area (Å²) >= 11 is 0. The standard InChI is InChI=1S/C14H19NO3.ClH/c1-2-17-14(16)13-8-9-15(11-18-13)10-12-6-4-3-5-7-12;/h3-7,13H,2,8-11H2,1H3;1H. The van der Waals surface area contributed by atoms with E-state index in [2.05, 4.69) is 17.0 Å². The second-order valence-corrected chi connectivity index (χ2v) is 4.36. The number of nitrogens with zero attached hydrogens (tertiary/aromatic N) is 1. The second-order valence-electron chi connectivity index (χ2n) is 4.36. The van der Waals surface area contributed by atoms with Crippen molar-refractivity contribution in [2.75, 3.05) is 19.9 Å². The van der Waals surface area contributed by atoms with Crippen LogP contribution in [0.2, 0.25) is 0 Å². The van der Waals surface area contributed by atoms with Gasteiger partial charge >= 0.3 is 5.97 Å². The normalized spacial score (nSPS) is 19.5. The molecule has 1 saturated heterocycles. The highest BCUT2D eigenvalue weighted by Gasteiger charge is 2.26. The van der Waals surface area contributed by atoms with E-state index < -0.39 is 6.10 Å². The molecule has 1 aliphatic rings. The molecule has 5 heteroatoms. The van der Waals surface area contributed by atoms with Crippen LogP contribution < -0.4 is 0 Å². The van der Waals surface area contributed by atoms with Crippen LogP contribution >= 0.6 is 12.4 Å². The molecule has 0 spiro atoms. The van der Waals surface area contributed by atoms with Crippen molar-refractivity contribution in [2.45, 2.75) is 26.0 Å². The summed E-state index contributed by atoms with van der Waals surface area (Å²) in [6.45, 7) is 4.42. The van der Waals surface area contributed by atoms with Crippen LogP contribution in [0.4, 0.5) is 0 Å². The van der Waals surface area contributed by atoms with Crippen molar-refractivity contribution in [3.05, 3.63) is 35.9 Å².